The zero-order chi connectivity index (χ0) is 21.7. The third-order valence-corrected chi connectivity index (χ3v) is 5.44. The van der Waals surface area contributed by atoms with Gasteiger partial charge in [0.05, 0.1) is 9.82 Å². The Labute approximate surface area is 170 Å². The third-order valence-electron chi connectivity index (χ3n) is 3.88. The number of esters is 1. The fraction of sp³-hybridized carbons (Fsp3) is 0.167. The predicted molar refractivity (Wildman–Crippen MR) is 102 cm³/mol. The molecule has 0 amide bonds. The summed E-state index contributed by atoms with van der Waals surface area (Å²) >= 11 is 0. The highest BCUT2D eigenvalue weighted by atomic mass is 32.2. The van der Waals surface area contributed by atoms with E-state index in [0.717, 1.165) is 0 Å². The van der Waals surface area contributed by atoms with Crippen molar-refractivity contribution in [3.05, 3.63) is 70.6 Å². The van der Waals surface area contributed by atoms with E-state index in [1.807, 2.05) is 0 Å². The number of benzene rings is 2. The predicted octanol–water partition coefficient (Wildman–Crippen LogP) is 2.05. The van der Waals surface area contributed by atoms with Crippen LogP contribution in [0, 0.1) is 10.1 Å². The van der Waals surface area contributed by atoms with Crippen molar-refractivity contribution in [3.8, 4) is 11.4 Å². The molecule has 1 atom stereocenters. The number of hydrogen-bond donors (Lipinski definition) is 1. The first-order chi connectivity index (χ1) is 14.3. The number of rotatable bonds is 8. The maximum atomic E-state index is 12.2. The van der Waals surface area contributed by atoms with Crippen LogP contribution in [0.1, 0.15) is 12.8 Å². The lowest BCUT2D eigenvalue weighted by molar-refractivity contribution is -0.384. The van der Waals surface area contributed by atoms with Crippen LogP contribution >= 0.6 is 0 Å². The highest BCUT2D eigenvalue weighted by molar-refractivity contribution is 7.89. The van der Waals surface area contributed by atoms with Crippen LogP contribution < -0.4 is 4.72 Å². The number of carbonyl (C=O) groups is 1. The summed E-state index contributed by atoms with van der Waals surface area (Å²) in [5, 5.41) is 14.4. The van der Waals surface area contributed by atoms with Crippen molar-refractivity contribution in [2.45, 2.75) is 24.5 Å². The molecule has 0 unspecified atom stereocenters. The standard InChI is InChI=1S/C18H16N4O7S/c1-12(21-30(26,27)15-5-3-2-4-6-15)18(23)28-11-16-19-17(20-29-16)13-7-9-14(10-8-13)22(24)25/h2-10,12,21H,11H2,1H3/t12-/m0/s1. The summed E-state index contributed by atoms with van der Waals surface area (Å²) in [5.41, 5.74) is 0.397. The van der Waals surface area contributed by atoms with Crippen molar-refractivity contribution in [3.63, 3.8) is 0 Å². The molecule has 12 heteroatoms. The van der Waals surface area contributed by atoms with E-state index in [-0.39, 0.29) is 28.9 Å². The topological polar surface area (TPSA) is 155 Å². The van der Waals surface area contributed by atoms with Gasteiger partial charge in [-0.25, -0.2) is 8.42 Å². The number of carbonyl (C=O) groups excluding carboxylic acids is 1. The summed E-state index contributed by atoms with van der Waals surface area (Å²) in [6.45, 7) is 0.981. The molecule has 156 valence electrons. The Morgan fingerprint density at radius 2 is 1.87 bits per heavy atom. The molecule has 3 rings (SSSR count). The first-order valence-electron chi connectivity index (χ1n) is 8.58. The first kappa shape index (κ1) is 21.1. The molecule has 0 radical (unpaired) electrons. The largest absolute Gasteiger partial charge is 0.454 e. The van der Waals surface area contributed by atoms with Crippen molar-refractivity contribution in [2.24, 2.45) is 0 Å². The molecule has 0 fully saturated rings. The molecule has 0 spiro atoms. The van der Waals surface area contributed by atoms with Gasteiger partial charge in [0, 0.05) is 17.7 Å². The normalized spacial score (nSPS) is 12.3. The van der Waals surface area contributed by atoms with E-state index in [9.17, 15) is 23.3 Å². The van der Waals surface area contributed by atoms with Gasteiger partial charge in [-0.2, -0.15) is 9.71 Å². The number of nitrogens with one attached hydrogen (secondary N) is 1. The number of ether oxygens (including phenoxy) is 1. The quantitative estimate of drug-likeness (QED) is 0.320. The lowest BCUT2D eigenvalue weighted by atomic mass is 10.2. The number of nitro benzene ring substituents is 1. The van der Waals surface area contributed by atoms with E-state index in [1.54, 1.807) is 18.2 Å². The van der Waals surface area contributed by atoms with Gasteiger partial charge in [0.1, 0.15) is 6.04 Å². The minimum atomic E-state index is -3.88. The Balaban J connectivity index is 1.58. The molecular formula is C18H16N4O7S. The Morgan fingerprint density at radius 3 is 2.50 bits per heavy atom. The highest BCUT2D eigenvalue weighted by Crippen LogP contribution is 2.20. The van der Waals surface area contributed by atoms with Crippen LogP contribution in [0.2, 0.25) is 0 Å². The number of nitrogens with zero attached hydrogens (tertiary/aromatic N) is 3. The average molecular weight is 432 g/mol. The summed E-state index contributed by atoms with van der Waals surface area (Å²) < 4.78 is 36.7. The lowest BCUT2D eigenvalue weighted by Gasteiger charge is -2.13. The van der Waals surface area contributed by atoms with Gasteiger partial charge < -0.3 is 9.26 Å². The van der Waals surface area contributed by atoms with Crippen LogP contribution in [0.15, 0.2) is 64.0 Å². The molecule has 0 saturated heterocycles. The van der Waals surface area contributed by atoms with Crippen LogP contribution in [-0.4, -0.2) is 35.5 Å². The van der Waals surface area contributed by atoms with E-state index in [1.165, 1.54) is 43.3 Å². The molecule has 2 aromatic carbocycles. The first-order valence-corrected chi connectivity index (χ1v) is 10.1. The van der Waals surface area contributed by atoms with Crippen LogP contribution in [0.4, 0.5) is 5.69 Å². The molecule has 11 nitrogen and oxygen atoms in total. The highest BCUT2D eigenvalue weighted by Gasteiger charge is 2.23. The Bertz CT molecular complexity index is 1140. The van der Waals surface area contributed by atoms with Gasteiger partial charge in [0.15, 0.2) is 6.61 Å². The van der Waals surface area contributed by atoms with E-state index in [0.29, 0.717) is 5.56 Å². The van der Waals surface area contributed by atoms with Crippen LogP contribution in [-0.2, 0) is 26.2 Å². The summed E-state index contributed by atoms with van der Waals surface area (Å²) in [6.07, 6.45) is 0. The molecule has 1 aromatic heterocycles. The van der Waals surface area contributed by atoms with Gasteiger partial charge in [-0.1, -0.05) is 23.4 Å². The average Bonchev–Trinajstić information content (AvgIpc) is 3.21. The van der Waals surface area contributed by atoms with Gasteiger partial charge in [0.25, 0.3) is 11.6 Å². The molecule has 0 bridgehead atoms. The number of non-ortho nitro benzene ring substituents is 1. The van der Waals surface area contributed by atoms with Gasteiger partial charge in [0.2, 0.25) is 15.8 Å². The molecule has 1 N–H and O–H groups in total. The lowest BCUT2D eigenvalue weighted by Crippen LogP contribution is -2.39. The second-order valence-corrected chi connectivity index (χ2v) is 7.79. The van der Waals surface area contributed by atoms with Crippen molar-refractivity contribution >= 4 is 21.7 Å². The molecule has 0 aliphatic rings. The molecular weight excluding hydrogens is 416 g/mol. The van der Waals surface area contributed by atoms with E-state index < -0.39 is 27.0 Å². The third kappa shape index (κ3) is 5.04. The maximum Gasteiger partial charge on any atom is 0.324 e. The number of hydrogen-bond acceptors (Lipinski definition) is 9. The Hall–Kier alpha value is -3.64. The molecule has 1 heterocycles. The summed E-state index contributed by atoms with van der Waals surface area (Å²) in [5.74, 6) is -0.687. The molecule has 0 aliphatic carbocycles. The van der Waals surface area contributed by atoms with Crippen molar-refractivity contribution in [1.29, 1.82) is 0 Å². The fourth-order valence-electron chi connectivity index (χ4n) is 2.37. The fourth-order valence-corrected chi connectivity index (χ4v) is 3.58. The van der Waals surface area contributed by atoms with Crippen molar-refractivity contribution in [1.82, 2.24) is 14.9 Å². The summed E-state index contributed by atoms with van der Waals surface area (Å²) in [6, 6.07) is 12.0. The second-order valence-electron chi connectivity index (χ2n) is 6.08. The minimum absolute atomic E-state index is 0.0187. The smallest absolute Gasteiger partial charge is 0.324 e. The van der Waals surface area contributed by atoms with Gasteiger partial charge in [-0.05, 0) is 31.2 Å². The van der Waals surface area contributed by atoms with E-state index in [2.05, 4.69) is 14.9 Å². The summed E-state index contributed by atoms with van der Waals surface area (Å²) in [7, 11) is -3.88. The van der Waals surface area contributed by atoms with Crippen molar-refractivity contribution in [2.75, 3.05) is 0 Å². The zero-order valence-electron chi connectivity index (χ0n) is 15.6. The Kier molecular flexibility index (Phi) is 6.18. The van der Waals surface area contributed by atoms with Gasteiger partial charge >= 0.3 is 5.97 Å². The van der Waals surface area contributed by atoms with E-state index in [4.69, 9.17) is 9.26 Å². The SMILES string of the molecule is C[C@H](NS(=O)(=O)c1ccccc1)C(=O)OCc1nc(-c2ccc([N+](=O)[O-])cc2)no1. The van der Waals surface area contributed by atoms with Gasteiger partial charge in [-0.15, -0.1) is 0 Å². The minimum Gasteiger partial charge on any atom is -0.454 e. The van der Waals surface area contributed by atoms with Crippen LogP contribution in [0.3, 0.4) is 0 Å². The molecule has 30 heavy (non-hydrogen) atoms. The monoisotopic (exact) mass is 432 g/mol. The maximum absolute atomic E-state index is 12.2. The van der Waals surface area contributed by atoms with Crippen LogP contribution in [0.25, 0.3) is 11.4 Å². The molecule has 3 aromatic rings. The van der Waals surface area contributed by atoms with E-state index >= 15 is 0 Å². The van der Waals surface area contributed by atoms with Crippen molar-refractivity contribution < 1.29 is 27.4 Å². The molecule has 0 saturated carbocycles. The summed E-state index contributed by atoms with van der Waals surface area (Å²) in [4.78, 5) is 26.3. The van der Waals surface area contributed by atoms with Gasteiger partial charge in [-0.3, -0.25) is 14.9 Å². The number of nitro groups is 1. The number of sulfonamides is 1. The second kappa shape index (κ2) is 8.80. The zero-order valence-corrected chi connectivity index (χ0v) is 16.4. The van der Waals surface area contributed by atoms with Crippen LogP contribution in [0.5, 0.6) is 0 Å². The molecule has 0 aliphatic heterocycles. The Morgan fingerprint density at radius 1 is 1.20 bits per heavy atom. The number of aromatic nitrogens is 2.